The first kappa shape index (κ1) is 114. The van der Waals surface area contributed by atoms with Crippen LogP contribution < -0.4 is 79.8 Å². The van der Waals surface area contributed by atoms with Gasteiger partial charge in [-0.05, 0) is 144 Å². The lowest BCUT2D eigenvalue weighted by atomic mass is 9.88. The fraction of sp³-hybridized carbons (Fsp3) is 0.245. The molecule has 3 aliphatic carbocycles. The molecule has 1 unspecified atom stereocenters. The smallest absolute Gasteiger partial charge is 0.328 e. The van der Waals surface area contributed by atoms with Gasteiger partial charge in [0.2, 0.25) is 0 Å². The van der Waals surface area contributed by atoms with E-state index in [4.69, 9.17) is 116 Å². The summed E-state index contributed by atoms with van der Waals surface area (Å²) in [5.74, 6) is -10.0. The molecule has 1 aromatic heterocycles. The fourth-order valence-corrected chi connectivity index (χ4v) is 17.5. The number of urea groups is 5. The van der Waals surface area contributed by atoms with Crippen LogP contribution in [0.4, 0.5) is 24.0 Å². The molecule has 36 nitrogen and oxygen atoms in total. The number of nitrogens with zero attached hydrogens (tertiary/aromatic N) is 1. The molecule has 13 rings (SSSR count). The normalized spacial score (nSPS) is 14.2. The molecule has 20 N–H and O–H groups in total. The van der Waals surface area contributed by atoms with Gasteiger partial charge in [-0.15, -0.1) is 0 Å². The lowest BCUT2D eigenvalue weighted by Gasteiger charge is -2.26. The van der Waals surface area contributed by atoms with Crippen LogP contribution in [-0.4, -0.2) is 190 Å². The Labute approximate surface area is 874 Å². The summed E-state index contributed by atoms with van der Waals surface area (Å²) in [5.41, 5.74) is 8.65. The van der Waals surface area contributed by atoms with Crippen LogP contribution in [0.25, 0.3) is 0 Å². The molecule has 1 heterocycles. The molecule has 0 spiro atoms. The zero-order chi connectivity index (χ0) is 105. The largest absolute Gasteiger partial charge is 0.480 e. The van der Waals surface area contributed by atoms with E-state index in [0.29, 0.717) is 6.54 Å². The number of halogens is 10. The Kier molecular flexibility index (Phi) is 45.3. The van der Waals surface area contributed by atoms with E-state index in [1.807, 2.05) is 121 Å². The highest BCUT2D eigenvalue weighted by molar-refractivity contribution is 6.42. The minimum Gasteiger partial charge on any atom is -0.480 e. The van der Waals surface area contributed by atoms with Crippen molar-refractivity contribution in [3.63, 3.8) is 0 Å². The summed E-state index contributed by atoms with van der Waals surface area (Å²) in [6.07, 6.45) is 9.79. The highest BCUT2D eigenvalue weighted by Crippen LogP contribution is 2.35. The van der Waals surface area contributed by atoms with Gasteiger partial charge < -0.3 is 105 Å². The van der Waals surface area contributed by atoms with E-state index in [1.54, 1.807) is 24.3 Å². The first-order chi connectivity index (χ1) is 68.8. The van der Waals surface area contributed by atoms with Gasteiger partial charge >= 0.3 is 60.0 Å². The van der Waals surface area contributed by atoms with Crippen LogP contribution in [0.15, 0.2) is 219 Å². The number of aryl methyl sites for hydroxylation is 3. The average Bonchev–Trinajstić information content (AvgIpc) is 0.961. The summed E-state index contributed by atoms with van der Waals surface area (Å²) in [7, 11) is 0. The number of pyridine rings is 1. The van der Waals surface area contributed by atoms with Gasteiger partial charge in [0.15, 0.2) is 0 Å². The number of carbonyl (C=O) groups is 15. The summed E-state index contributed by atoms with van der Waals surface area (Å²) < 4.78 is 0. The zero-order valence-electron chi connectivity index (χ0n) is 75.8. The SMILES string of the molecule is O=C(NCC1CCc2ccccc21)NC[C@H](NC(=O)c1c(Cl)cccc1Cl)C(=O)O.O=C(NC[C@H](NC(=O)c1c(Cl)cccc1Cl)C(=O)O)N[C@@H]1CCCc2ccccc21.O=C(NC[C@H](NC(=O)c1c(Cl)cccc1Cl)C(=O)O)N[C@H]1CCCc2ccccc21.O=C(NCc1ccccc1)NC[C@H](NC(=O)c1c(Cl)cccc1Cl)C(=O)O.O=C(NCc1ccccc1)NC[C@H](NC(=O)c1c(Cl)cncc1Cl)C(=O)O. The van der Waals surface area contributed by atoms with E-state index in [-0.39, 0.29) is 142 Å². The fourth-order valence-electron chi connectivity index (χ4n) is 14.7. The van der Waals surface area contributed by atoms with Gasteiger partial charge in [-0.25, -0.2) is 47.9 Å². The third kappa shape index (κ3) is 35.3. The number of rotatable bonds is 33. The van der Waals surface area contributed by atoms with Gasteiger partial charge in [0.05, 0.1) is 123 Å². The molecular formula is C98H96Cl10N16O20. The van der Waals surface area contributed by atoms with Crippen LogP contribution in [0.5, 0.6) is 0 Å². The van der Waals surface area contributed by atoms with Crippen LogP contribution in [0.2, 0.25) is 50.2 Å². The topological polar surface area (TPSA) is 551 Å². The van der Waals surface area contributed by atoms with Crippen LogP contribution in [0.3, 0.4) is 0 Å². The highest BCUT2D eigenvalue weighted by atomic mass is 35.5. The Morgan fingerprint density at radius 2 is 0.521 bits per heavy atom. The Morgan fingerprint density at radius 1 is 0.271 bits per heavy atom. The molecule has 758 valence electrons. The Morgan fingerprint density at radius 3 is 0.812 bits per heavy atom. The number of benzene rings is 9. The van der Waals surface area contributed by atoms with Crippen LogP contribution >= 0.6 is 116 Å². The average molecular weight is 2170 g/mol. The van der Waals surface area contributed by atoms with Crippen molar-refractivity contribution < 1.29 is 97.5 Å². The third-order valence-corrected chi connectivity index (χ3v) is 25.0. The van der Waals surface area contributed by atoms with E-state index in [9.17, 15) is 97.5 Å². The molecular weight excluding hydrogens is 2080 g/mol. The van der Waals surface area contributed by atoms with E-state index in [0.717, 1.165) is 73.6 Å². The molecule has 0 radical (unpaired) electrons. The second-order valence-corrected chi connectivity index (χ2v) is 35.9. The number of aromatic nitrogens is 1. The highest BCUT2D eigenvalue weighted by Gasteiger charge is 2.33. The monoisotopic (exact) mass is 2170 g/mol. The van der Waals surface area contributed by atoms with Gasteiger partial charge in [0.1, 0.15) is 30.2 Å². The molecule has 8 atom stereocenters. The van der Waals surface area contributed by atoms with Crippen molar-refractivity contribution in [2.24, 2.45) is 0 Å². The van der Waals surface area contributed by atoms with Crippen molar-refractivity contribution in [1.29, 1.82) is 0 Å². The number of amides is 15. The van der Waals surface area contributed by atoms with E-state index < -0.39 is 120 Å². The van der Waals surface area contributed by atoms with Gasteiger partial charge in [0, 0.05) is 37.9 Å². The van der Waals surface area contributed by atoms with Crippen molar-refractivity contribution in [3.8, 4) is 0 Å². The number of hydrogen-bond acceptors (Lipinski definition) is 16. The van der Waals surface area contributed by atoms with Crippen molar-refractivity contribution >= 4 is 206 Å². The van der Waals surface area contributed by atoms with Gasteiger partial charge in [-0.1, -0.05) is 274 Å². The Balaban J connectivity index is 0.000000201. The second-order valence-electron chi connectivity index (χ2n) is 31.8. The maximum absolute atomic E-state index is 12.4. The molecule has 0 bridgehead atoms. The van der Waals surface area contributed by atoms with E-state index in [2.05, 4.69) is 96.9 Å². The molecule has 0 saturated heterocycles. The molecule has 46 heteroatoms. The predicted molar refractivity (Wildman–Crippen MR) is 544 cm³/mol. The predicted octanol–water partition coefficient (Wildman–Crippen LogP) is 15.1. The first-order valence-corrected chi connectivity index (χ1v) is 47.8. The number of aliphatic carboxylic acids is 5. The van der Waals surface area contributed by atoms with Crippen molar-refractivity contribution in [2.45, 2.75) is 113 Å². The number of nitrogens with one attached hydrogen (secondary N) is 15. The van der Waals surface area contributed by atoms with E-state index >= 15 is 0 Å². The van der Waals surface area contributed by atoms with E-state index in [1.165, 1.54) is 83.2 Å². The maximum Gasteiger partial charge on any atom is 0.328 e. The number of carbonyl (C=O) groups excluding carboxylic acids is 10. The number of hydrogen-bond donors (Lipinski definition) is 20. The van der Waals surface area contributed by atoms with Crippen molar-refractivity contribution in [2.75, 3.05) is 39.3 Å². The molecule has 0 saturated carbocycles. The lowest BCUT2D eigenvalue weighted by molar-refractivity contribution is -0.140. The molecule has 0 aliphatic heterocycles. The minimum atomic E-state index is -1.37. The van der Waals surface area contributed by atoms with Crippen molar-refractivity contribution in [1.82, 2.24) is 84.7 Å². The minimum absolute atomic E-state index is 0.0160. The number of carboxylic acids is 5. The Hall–Kier alpha value is -13.9. The molecule has 144 heavy (non-hydrogen) atoms. The van der Waals surface area contributed by atoms with Crippen molar-refractivity contribution in [3.05, 3.63) is 341 Å². The Bertz CT molecular complexity index is 5890. The molecule has 3 aliphatic rings. The molecule has 15 amide bonds. The lowest BCUT2D eigenvalue weighted by Crippen LogP contribution is -2.50. The quantitative estimate of drug-likeness (QED) is 0.0182. The van der Waals surface area contributed by atoms with Gasteiger partial charge in [-0.3, -0.25) is 29.0 Å². The molecule has 9 aromatic carbocycles. The summed E-state index contributed by atoms with van der Waals surface area (Å²) in [4.78, 5) is 183. The molecule has 0 fully saturated rings. The van der Waals surface area contributed by atoms with Gasteiger partial charge in [0.25, 0.3) is 29.5 Å². The zero-order valence-corrected chi connectivity index (χ0v) is 83.4. The molecule has 10 aromatic rings. The standard InChI is InChI=1S/3C21H21Cl2N3O4.C18H17Cl2N3O4.C17H16Cl2N4O4/c2*22-14-8-4-9-15(23)18(14)19(27)25-17(20(28)29)11-24-21(30)26-16-10-3-6-12-5-1-2-7-13(12)16;22-15-6-3-7-16(23)18(15)19(27)26-17(20(28)29)11-25-21(30)24-10-13-9-8-12-4-1-2-5-14(12)13;19-12-7-4-8-13(20)15(12)16(24)23-14(17(25)26)10-22-18(27)21-9-11-5-2-1-3-6-11;18-11-7-20-8-12(19)14(11)15(24)23-13(16(25)26)9-22-17(27)21-6-10-4-2-1-3-5-10/h2*1-2,4-5,7-9,16-17H,3,6,10-11H2,(H,25,27)(H,28,29)(H2,24,26,30);1-7,13,17H,8-11H2,(H,26,27)(H,28,29)(H2,24,25,30);1-8,14H,9-10H2,(H,23,24)(H,25,26)(H2,21,22,27);1-5,7-8,13H,6,9H2,(H,23,24)(H,25,26)(H2,21,22,27)/t16-,17+;16-,17-;13?,17-;14-;13-/m10000/s1. The van der Waals surface area contributed by atoms with Crippen LogP contribution in [0, 0.1) is 0 Å². The second kappa shape index (κ2) is 57.4. The number of fused-ring (bicyclic) bond motifs is 3. The summed E-state index contributed by atoms with van der Waals surface area (Å²) in [6, 6.07) is 50.7. The summed E-state index contributed by atoms with van der Waals surface area (Å²) in [5, 5.41) is 85.1. The van der Waals surface area contributed by atoms with Crippen LogP contribution in [0.1, 0.15) is 146 Å². The first-order valence-electron chi connectivity index (χ1n) is 44.0. The maximum atomic E-state index is 12.4. The van der Waals surface area contributed by atoms with Crippen LogP contribution in [-0.2, 0) is 56.3 Å². The third-order valence-electron chi connectivity index (χ3n) is 21.9. The van der Waals surface area contributed by atoms with Gasteiger partial charge in [-0.2, -0.15) is 0 Å². The number of carboxylic acid groups (broad SMARTS) is 5. The summed E-state index contributed by atoms with van der Waals surface area (Å²) in [6.45, 7) is -0.540. The summed E-state index contributed by atoms with van der Waals surface area (Å²) >= 11 is 59.6.